The quantitative estimate of drug-likeness (QED) is 0.920. The lowest BCUT2D eigenvalue weighted by Crippen LogP contribution is -2.47. The van der Waals surface area contributed by atoms with Crippen molar-refractivity contribution in [1.82, 2.24) is 20.0 Å². The van der Waals surface area contributed by atoms with Gasteiger partial charge in [0.25, 0.3) is 5.91 Å². The third-order valence-corrected chi connectivity index (χ3v) is 5.55. The van der Waals surface area contributed by atoms with Crippen LogP contribution >= 0.6 is 22.9 Å². The van der Waals surface area contributed by atoms with Crippen molar-refractivity contribution in [3.63, 3.8) is 0 Å². The van der Waals surface area contributed by atoms with Crippen LogP contribution in [0.4, 0.5) is 0 Å². The Morgan fingerprint density at radius 1 is 1.57 bits per heavy atom. The van der Waals surface area contributed by atoms with Crippen LogP contribution in [-0.4, -0.2) is 39.7 Å². The Balaban J connectivity index is 1.58. The lowest BCUT2D eigenvalue weighted by Gasteiger charge is -2.32. The van der Waals surface area contributed by atoms with E-state index in [9.17, 15) is 4.79 Å². The molecule has 2 aromatic heterocycles. The van der Waals surface area contributed by atoms with E-state index in [2.05, 4.69) is 28.3 Å². The normalized spacial score (nSPS) is 19.0. The van der Waals surface area contributed by atoms with Crippen LogP contribution < -0.4 is 5.32 Å². The number of rotatable bonds is 4. The number of hydrogen-bond donors (Lipinski definition) is 1. The molecule has 0 saturated carbocycles. The molecule has 1 fully saturated rings. The molecule has 1 N–H and O–H groups in total. The van der Waals surface area contributed by atoms with E-state index >= 15 is 0 Å². The molecule has 1 atom stereocenters. The number of nitrogens with one attached hydrogen (secondary N) is 1. The summed E-state index contributed by atoms with van der Waals surface area (Å²) in [6, 6.07) is 4.05. The monoisotopic (exact) mass is 352 g/mol. The number of halogens is 1. The average Bonchev–Trinajstić information content (AvgIpc) is 3.05. The first-order valence-corrected chi connectivity index (χ1v) is 9.04. The predicted molar refractivity (Wildman–Crippen MR) is 93.0 cm³/mol. The van der Waals surface area contributed by atoms with Gasteiger partial charge in [-0.25, -0.2) is 0 Å². The third kappa shape index (κ3) is 3.94. The maximum absolute atomic E-state index is 12.3. The van der Waals surface area contributed by atoms with E-state index < -0.39 is 0 Å². The van der Waals surface area contributed by atoms with Gasteiger partial charge in [-0.1, -0.05) is 11.6 Å². The number of carbonyl (C=O) groups is 1. The molecule has 0 unspecified atom stereocenters. The summed E-state index contributed by atoms with van der Waals surface area (Å²) in [6.45, 7) is 4.78. The molecule has 1 aliphatic rings. The smallest absolute Gasteiger partial charge is 0.263 e. The molecule has 3 rings (SSSR count). The van der Waals surface area contributed by atoms with Crippen LogP contribution in [0.2, 0.25) is 5.02 Å². The maximum Gasteiger partial charge on any atom is 0.263 e. The first kappa shape index (κ1) is 16.5. The Labute approximate surface area is 145 Å². The maximum atomic E-state index is 12.3. The number of aromatic nitrogens is 2. The minimum atomic E-state index is -0.0643. The van der Waals surface area contributed by atoms with Crippen LogP contribution in [0.3, 0.4) is 0 Å². The van der Waals surface area contributed by atoms with Gasteiger partial charge < -0.3 is 5.32 Å². The van der Waals surface area contributed by atoms with Crippen molar-refractivity contribution in [2.45, 2.75) is 32.4 Å². The molecule has 3 heterocycles. The first-order valence-electron chi connectivity index (χ1n) is 7.78. The van der Waals surface area contributed by atoms with Gasteiger partial charge in [-0.15, -0.1) is 11.3 Å². The minimum Gasteiger partial charge on any atom is -0.347 e. The highest BCUT2D eigenvalue weighted by atomic mass is 35.5. The molecule has 0 aromatic carbocycles. The van der Waals surface area contributed by atoms with Gasteiger partial charge in [-0.3, -0.25) is 14.4 Å². The van der Waals surface area contributed by atoms with E-state index in [4.69, 9.17) is 11.6 Å². The van der Waals surface area contributed by atoms with Crippen LogP contribution in [0.1, 0.15) is 33.9 Å². The fraction of sp³-hybridized carbons (Fsp3) is 0.500. The van der Waals surface area contributed by atoms with Crippen molar-refractivity contribution in [3.05, 3.63) is 38.8 Å². The van der Waals surface area contributed by atoms with E-state index in [-0.39, 0.29) is 11.9 Å². The highest BCUT2D eigenvalue weighted by molar-refractivity contribution is 7.12. The number of hydrogen-bond acceptors (Lipinski definition) is 4. The molecular weight excluding hydrogens is 332 g/mol. The number of aryl methyl sites for hydroxylation is 2. The van der Waals surface area contributed by atoms with E-state index in [1.807, 2.05) is 17.1 Å². The zero-order valence-electron chi connectivity index (χ0n) is 13.4. The second-order valence-electron chi connectivity index (χ2n) is 6.05. The van der Waals surface area contributed by atoms with Crippen molar-refractivity contribution in [1.29, 1.82) is 0 Å². The topological polar surface area (TPSA) is 50.2 Å². The molecule has 1 saturated heterocycles. The Hall–Kier alpha value is -1.37. The average molecular weight is 353 g/mol. The molecule has 124 valence electrons. The summed E-state index contributed by atoms with van der Waals surface area (Å²) in [4.78, 5) is 15.2. The molecule has 1 amide bonds. The fourth-order valence-corrected chi connectivity index (χ4v) is 4.01. The van der Waals surface area contributed by atoms with Crippen molar-refractivity contribution in [2.75, 3.05) is 13.1 Å². The van der Waals surface area contributed by atoms with E-state index in [0.29, 0.717) is 9.90 Å². The van der Waals surface area contributed by atoms with Crippen molar-refractivity contribution in [2.24, 2.45) is 7.05 Å². The summed E-state index contributed by atoms with van der Waals surface area (Å²) in [5.41, 5.74) is 2.24. The number of nitrogens with zero attached hydrogens (tertiary/aromatic N) is 3. The highest BCUT2D eigenvalue weighted by Gasteiger charge is 2.23. The van der Waals surface area contributed by atoms with Gasteiger partial charge in [0.2, 0.25) is 0 Å². The lowest BCUT2D eigenvalue weighted by atomic mass is 10.1. The molecule has 0 bridgehead atoms. The first-order chi connectivity index (χ1) is 11.0. The summed E-state index contributed by atoms with van der Waals surface area (Å²) < 4.78 is 1.90. The minimum absolute atomic E-state index is 0.0643. The SMILES string of the molecule is Cc1cc(CN2CCC[C@@H](NC(=O)c3sccc3Cl)C2)nn1C. The van der Waals surface area contributed by atoms with Gasteiger partial charge in [-0.2, -0.15) is 5.10 Å². The van der Waals surface area contributed by atoms with Gasteiger partial charge >= 0.3 is 0 Å². The number of carbonyl (C=O) groups excluding carboxylic acids is 1. The van der Waals surface area contributed by atoms with Crippen LogP contribution in [0.15, 0.2) is 17.5 Å². The number of likely N-dealkylation sites (tertiary alicyclic amines) is 1. The lowest BCUT2D eigenvalue weighted by molar-refractivity contribution is 0.0904. The van der Waals surface area contributed by atoms with Crippen LogP contribution in [-0.2, 0) is 13.6 Å². The van der Waals surface area contributed by atoms with Gasteiger partial charge in [0.05, 0.1) is 10.7 Å². The summed E-state index contributed by atoms with van der Waals surface area (Å²) in [6.07, 6.45) is 2.08. The van der Waals surface area contributed by atoms with E-state index in [1.165, 1.54) is 11.3 Å². The molecule has 5 nitrogen and oxygen atoms in total. The van der Waals surface area contributed by atoms with Crippen LogP contribution in [0, 0.1) is 6.92 Å². The van der Waals surface area contributed by atoms with Crippen molar-refractivity contribution < 1.29 is 4.79 Å². The number of amides is 1. The van der Waals surface area contributed by atoms with Crippen molar-refractivity contribution >= 4 is 28.8 Å². The summed E-state index contributed by atoms with van der Waals surface area (Å²) in [5.74, 6) is -0.0643. The molecule has 0 spiro atoms. The highest BCUT2D eigenvalue weighted by Crippen LogP contribution is 2.22. The summed E-state index contributed by atoms with van der Waals surface area (Å²) in [5, 5.41) is 10.0. The number of piperidine rings is 1. The van der Waals surface area contributed by atoms with E-state index in [0.717, 1.165) is 43.9 Å². The molecule has 23 heavy (non-hydrogen) atoms. The Bertz CT molecular complexity index is 677. The molecule has 1 aliphatic heterocycles. The van der Waals surface area contributed by atoms with Gasteiger partial charge in [0.1, 0.15) is 4.88 Å². The van der Waals surface area contributed by atoms with Gasteiger partial charge in [-0.05, 0) is 43.8 Å². The third-order valence-electron chi connectivity index (χ3n) is 4.21. The largest absolute Gasteiger partial charge is 0.347 e. The molecular formula is C16H21ClN4OS. The van der Waals surface area contributed by atoms with Crippen LogP contribution in [0.25, 0.3) is 0 Å². The van der Waals surface area contributed by atoms with Gasteiger partial charge in [0, 0.05) is 31.9 Å². The Morgan fingerprint density at radius 3 is 3.04 bits per heavy atom. The molecule has 0 aliphatic carbocycles. The molecule has 0 radical (unpaired) electrons. The Morgan fingerprint density at radius 2 is 2.39 bits per heavy atom. The number of thiophene rings is 1. The Kier molecular flexibility index (Phi) is 5.04. The predicted octanol–water partition coefficient (Wildman–Crippen LogP) is 2.84. The second-order valence-corrected chi connectivity index (χ2v) is 7.37. The van der Waals surface area contributed by atoms with Crippen molar-refractivity contribution in [3.8, 4) is 0 Å². The summed E-state index contributed by atoms with van der Waals surface area (Å²) in [7, 11) is 1.96. The zero-order chi connectivity index (χ0) is 16.4. The molecule has 7 heteroatoms. The summed E-state index contributed by atoms with van der Waals surface area (Å²) >= 11 is 7.42. The van der Waals surface area contributed by atoms with Crippen LogP contribution in [0.5, 0.6) is 0 Å². The molecule has 2 aromatic rings. The standard InChI is InChI=1S/C16H21ClN4OS/c1-11-8-13(19-20(11)2)10-21-6-3-4-12(9-21)18-16(22)15-14(17)5-7-23-15/h5,7-8,12H,3-4,6,9-10H2,1-2H3,(H,18,22)/t12-/m1/s1. The zero-order valence-corrected chi connectivity index (χ0v) is 15.0. The second kappa shape index (κ2) is 7.03. The van der Waals surface area contributed by atoms with E-state index in [1.54, 1.807) is 6.07 Å². The fourth-order valence-electron chi connectivity index (χ4n) is 2.96. The van der Waals surface area contributed by atoms with Gasteiger partial charge in [0.15, 0.2) is 0 Å².